The molecule has 0 aliphatic carbocycles. The normalized spacial score (nSPS) is 11.7. The van der Waals surface area contributed by atoms with Crippen molar-refractivity contribution in [3.63, 3.8) is 0 Å². The number of hydrogen-bond donors (Lipinski definition) is 1. The van der Waals surface area contributed by atoms with E-state index in [9.17, 15) is 0 Å². The van der Waals surface area contributed by atoms with Crippen LogP contribution in [0.25, 0.3) is 10.2 Å². The van der Waals surface area contributed by atoms with Gasteiger partial charge >= 0.3 is 0 Å². The minimum absolute atomic E-state index is 1.15. The highest BCUT2D eigenvalue weighted by atomic mass is 32.1. The lowest BCUT2D eigenvalue weighted by molar-refractivity contribution is 0.308. The minimum atomic E-state index is 1.15. The van der Waals surface area contributed by atoms with Gasteiger partial charge in [-0.2, -0.15) is 0 Å². The van der Waals surface area contributed by atoms with Crippen molar-refractivity contribution in [1.82, 2.24) is 9.88 Å². The van der Waals surface area contributed by atoms with Gasteiger partial charge in [0.1, 0.15) is 0 Å². The Morgan fingerprint density at radius 1 is 1.33 bits per heavy atom. The number of hydrogen-bond acceptors (Lipinski definition) is 2. The van der Waals surface area contributed by atoms with Crippen molar-refractivity contribution in [1.29, 1.82) is 0 Å². The lowest BCUT2D eigenvalue weighted by Gasteiger charge is -2.17. The Labute approximate surface area is 94.9 Å². The van der Waals surface area contributed by atoms with Gasteiger partial charge in [0.2, 0.25) is 0 Å². The molecule has 0 fully saturated rings. The van der Waals surface area contributed by atoms with Gasteiger partial charge in [-0.1, -0.05) is 13.8 Å². The second-order valence-electron chi connectivity index (χ2n) is 3.75. The third-order valence-electron chi connectivity index (χ3n) is 2.98. The summed E-state index contributed by atoms with van der Waals surface area (Å²) in [7, 11) is 0. The average Bonchev–Trinajstić information content (AvgIpc) is 2.83. The van der Waals surface area contributed by atoms with Crippen LogP contribution in [0.1, 0.15) is 19.4 Å². The maximum Gasteiger partial charge on any atom is 0.0999 e. The molecule has 2 rings (SSSR count). The van der Waals surface area contributed by atoms with Crippen molar-refractivity contribution in [3.8, 4) is 0 Å². The highest BCUT2D eigenvalue weighted by molar-refractivity contribution is 7.16. The molecule has 0 spiro atoms. The zero-order chi connectivity index (χ0) is 10.7. The van der Waals surface area contributed by atoms with E-state index in [-0.39, 0.29) is 0 Å². The van der Waals surface area contributed by atoms with E-state index in [1.807, 2.05) is 0 Å². The van der Waals surface area contributed by atoms with E-state index in [0.29, 0.717) is 0 Å². The maximum absolute atomic E-state index is 3.33. The fourth-order valence-electron chi connectivity index (χ4n) is 1.93. The first-order chi connectivity index (χ1) is 7.35. The van der Waals surface area contributed by atoms with Crippen LogP contribution in [-0.4, -0.2) is 29.5 Å². The van der Waals surface area contributed by atoms with Crippen LogP contribution in [0.5, 0.6) is 0 Å². The van der Waals surface area contributed by atoms with E-state index in [2.05, 4.69) is 41.4 Å². The molecule has 82 valence electrons. The lowest BCUT2D eigenvalue weighted by atomic mass is 10.2. The van der Waals surface area contributed by atoms with Crippen LogP contribution in [0.2, 0.25) is 0 Å². The molecule has 0 unspecified atom stereocenters. The Bertz CT molecular complexity index is 412. The summed E-state index contributed by atoms with van der Waals surface area (Å²) in [4.78, 5) is 7.10. The Morgan fingerprint density at radius 2 is 2.13 bits per heavy atom. The molecule has 0 aliphatic rings. The van der Waals surface area contributed by atoms with Gasteiger partial charge < -0.3 is 9.88 Å². The molecule has 0 saturated carbocycles. The van der Waals surface area contributed by atoms with Crippen LogP contribution in [0.4, 0.5) is 0 Å². The first kappa shape index (κ1) is 10.7. The number of fused-ring (bicyclic) bond motifs is 1. The van der Waals surface area contributed by atoms with E-state index in [0.717, 1.165) is 26.1 Å². The minimum Gasteiger partial charge on any atom is -0.353 e. The van der Waals surface area contributed by atoms with Crippen molar-refractivity contribution in [2.45, 2.75) is 20.3 Å². The van der Waals surface area contributed by atoms with Crippen LogP contribution in [0.3, 0.4) is 0 Å². The molecule has 0 amide bonds. The number of likely N-dealkylation sites (N-methyl/N-ethyl adjacent to an activating group) is 1. The quantitative estimate of drug-likeness (QED) is 0.823. The summed E-state index contributed by atoms with van der Waals surface area (Å²) in [5, 5.41) is 3.56. The second-order valence-corrected chi connectivity index (χ2v) is 4.67. The molecule has 2 aromatic rings. The van der Waals surface area contributed by atoms with E-state index in [1.54, 1.807) is 11.3 Å². The van der Waals surface area contributed by atoms with Crippen molar-refractivity contribution in [3.05, 3.63) is 23.2 Å². The molecule has 0 saturated heterocycles. The number of aromatic amines is 1. The number of nitrogens with one attached hydrogen (secondary N) is 1. The molecule has 2 heterocycles. The van der Waals surface area contributed by atoms with Crippen LogP contribution >= 0.6 is 11.3 Å². The van der Waals surface area contributed by atoms with Gasteiger partial charge in [0.15, 0.2) is 0 Å². The molecule has 2 aromatic heterocycles. The third-order valence-corrected chi connectivity index (χ3v) is 3.83. The lowest BCUT2D eigenvalue weighted by Crippen LogP contribution is -2.25. The van der Waals surface area contributed by atoms with E-state index in [4.69, 9.17) is 0 Å². The summed E-state index contributed by atoms with van der Waals surface area (Å²) >= 11 is 1.78. The second kappa shape index (κ2) is 4.81. The van der Waals surface area contributed by atoms with Crippen LogP contribution in [0, 0.1) is 0 Å². The van der Waals surface area contributed by atoms with Crippen molar-refractivity contribution < 1.29 is 0 Å². The average molecular weight is 222 g/mol. The van der Waals surface area contributed by atoms with Gasteiger partial charge in [-0.05, 0) is 36.5 Å². The third kappa shape index (κ3) is 2.24. The maximum atomic E-state index is 3.33. The molecular formula is C12H18N2S. The monoisotopic (exact) mass is 222 g/mol. The first-order valence-corrected chi connectivity index (χ1v) is 6.49. The smallest absolute Gasteiger partial charge is 0.0999 e. The van der Waals surface area contributed by atoms with E-state index < -0.39 is 0 Å². The first-order valence-electron chi connectivity index (χ1n) is 5.61. The Morgan fingerprint density at radius 3 is 2.87 bits per heavy atom. The fraction of sp³-hybridized carbons (Fsp3) is 0.500. The number of thiophene rings is 1. The Hall–Kier alpha value is -0.800. The molecule has 0 bridgehead atoms. The highest BCUT2D eigenvalue weighted by Gasteiger charge is 2.05. The fourth-order valence-corrected chi connectivity index (χ4v) is 2.72. The van der Waals surface area contributed by atoms with Crippen LogP contribution < -0.4 is 0 Å². The molecule has 3 heteroatoms. The summed E-state index contributed by atoms with van der Waals surface area (Å²) in [6.07, 6.45) is 3.31. The molecule has 0 aliphatic heterocycles. The van der Waals surface area contributed by atoms with Gasteiger partial charge in [-0.3, -0.25) is 0 Å². The topological polar surface area (TPSA) is 19.0 Å². The highest BCUT2D eigenvalue weighted by Crippen LogP contribution is 2.23. The molecule has 0 radical (unpaired) electrons. The Kier molecular flexibility index (Phi) is 3.44. The molecule has 2 nitrogen and oxygen atoms in total. The Balaban J connectivity index is 2.03. The molecule has 0 aromatic carbocycles. The standard InChI is InChI=1S/C12H18N2S/c1-3-14(4-2)7-5-10-9-13-12-11(10)6-8-15-12/h6,8-9,13H,3-5,7H2,1-2H3. The predicted molar refractivity (Wildman–Crippen MR) is 67.7 cm³/mol. The zero-order valence-electron chi connectivity index (χ0n) is 9.42. The van der Waals surface area contributed by atoms with Gasteiger partial charge in [-0.15, -0.1) is 11.3 Å². The SMILES string of the molecule is CCN(CC)CCc1c[nH]c2sccc12. The largest absolute Gasteiger partial charge is 0.353 e. The van der Waals surface area contributed by atoms with Gasteiger partial charge in [0.05, 0.1) is 4.83 Å². The van der Waals surface area contributed by atoms with Crippen molar-refractivity contribution in [2.75, 3.05) is 19.6 Å². The molecular weight excluding hydrogens is 204 g/mol. The summed E-state index contributed by atoms with van der Waals surface area (Å²) in [5.74, 6) is 0. The van der Waals surface area contributed by atoms with E-state index >= 15 is 0 Å². The summed E-state index contributed by atoms with van der Waals surface area (Å²) in [6, 6.07) is 2.22. The number of aromatic nitrogens is 1. The zero-order valence-corrected chi connectivity index (χ0v) is 10.2. The van der Waals surface area contributed by atoms with Gasteiger partial charge in [-0.25, -0.2) is 0 Å². The molecule has 1 N–H and O–H groups in total. The van der Waals surface area contributed by atoms with E-state index in [1.165, 1.54) is 15.8 Å². The van der Waals surface area contributed by atoms with Gasteiger partial charge in [0.25, 0.3) is 0 Å². The van der Waals surface area contributed by atoms with Crippen LogP contribution in [-0.2, 0) is 6.42 Å². The number of rotatable bonds is 5. The predicted octanol–water partition coefficient (Wildman–Crippen LogP) is 3.11. The number of nitrogens with zero attached hydrogens (tertiary/aromatic N) is 1. The van der Waals surface area contributed by atoms with Crippen molar-refractivity contribution in [2.24, 2.45) is 0 Å². The van der Waals surface area contributed by atoms with Crippen molar-refractivity contribution >= 4 is 21.6 Å². The summed E-state index contributed by atoms with van der Waals surface area (Å²) in [5.41, 5.74) is 1.46. The summed E-state index contributed by atoms with van der Waals surface area (Å²) < 4.78 is 0. The molecule has 0 atom stereocenters. The van der Waals surface area contributed by atoms with Gasteiger partial charge in [0, 0.05) is 18.1 Å². The summed E-state index contributed by atoms with van der Waals surface area (Å²) in [6.45, 7) is 7.90. The number of H-pyrrole nitrogens is 1. The van der Waals surface area contributed by atoms with Crippen LogP contribution in [0.15, 0.2) is 17.6 Å². The molecule has 15 heavy (non-hydrogen) atoms.